The number of aromatic nitrogens is 1. The van der Waals surface area contributed by atoms with Gasteiger partial charge in [-0.15, -0.1) is 0 Å². The number of amides is 1. The SMILES string of the molecule is C[C@@H](CO)NC(=O)c1cccc2[nH]ccc12. The first-order chi connectivity index (χ1) is 7.72. The van der Waals surface area contributed by atoms with Crippen LogP contribution in [-0.2, 0) is 0 Å². The van der Waals surface area contributed by atoms with E-state index in [0.717, 1.165) is 10.9 Å². The number of nitrogens with one attached hydrogen (secondary N) is 2. The van der Waals surface area contributed by atoms with Crippen LogP contribution < -0.4 is 5.32 Å². The molecule has 0 bridgehead atoms. The third-order valence-electron chi connectivity index (χ3n) is 2.49. The monoisotopic (exact) mass is 218 g/mol. The van der Waals surface area contributed by atoms with Crippen LogP contribution in [0.15, 0.2) is 30.5 Å². The number of aromatic amines is 1. The first-order valence-electron chi connectivity index (χ1n) is 5.20. The second-order valence-corrected chi connectivity index (χ2v) is 3.80. The van der Waals surface area contributed by atoms with E-state index in [0.29, 0.717) is 5.56 Å². The summed E-state index contributed by atoms with van der Waals surface area (Å²) in [7, 11) is 0. The molecule has 0 unspecified atom stereocenters. The number of aliphatic hydroxyl groups is 1. The zero-order valence-corrected chi connectivity index (χ0v) is 9.03. The van der Waals surface area contributed by atoms with E-state index in [9.17, 15) is 4.79 Å². The molecule has 4 heteroatoms. The fourth-order valence-corrected chi connectivity index (χ4v) is 1.63. The van der Waals surface area contributed by atoms with Gasteiger partial charge in [0, 0.05) is 28.7 Å². The predicted octanol–water partition coefficient (Wildman–Crippen LogP) is 1.28. The standard InChI is InChI=1S/C12H14N2O2/c1-8(7-15)14-12(16)10-3-2-4-11-9(10)5-6-13-11/h2-6,8,13,15H,7H2,1H3,(H,14,16)/t8-/m0/s1. The lowest BCUT2D eigenvalue weighted by Crippen LogP contribution is -2.35. The van der Waals surface area contributed by atoms with Crippen molar-refractivity contribution in [2.24, 2.45) is 0 Å². The molecule has 1 atom stereocenters. The van der Waals surface area contributed by atoms with Crippen molar-refractivity contribution in [3.8, 4) is 0 Å². The minimum Gasteiger partial charge on any atom is -0.394 e. The van der Waals surface area contributed by atoms with E-state index in [1.807, 2.05) is 18.2 Å². The maximum absolute atomic E-state index is 11.9. The van der Waals surface area contributed by atoms with Crippen LogP contribution in [0.25, 0.3) is 10.9 Å². The Bertz CT molecular complexity index is 504. The Morgan fingerprint density at radius 1 is 1.50 bits per heavy atom. The molecule has 4 nitrogen and oxygen atoms in total. The summed E-state index contributed by atoms with van der Waals surface area (Å²) in [6.07, 6.45) is 1.80. The van der Waals surface area contributed by atoms with Gasteiger partial charge in [-0.2, -0.15) is 0 Å². The highest BCUT2D eigenvalue weighted by Crippen LogP contribution is 2.17. The van der Waals surface area contributed by atoms with E-state index >= 15 is 0 Å². The van der Waals surface area contributed by atoms with Gasteiger partial charge in [0.25, 0.3) is 5.91 Å². The number of hydrogen-bond acceptors (Lipinski definition) is 2. The van der Waals surface area contributed by atoms with Gasteiger partial charge >= 0.3 is 0 Å². The zero-order valence-electron chi connectivity index (χ0n) is 9.03. The molecule has 16 heavy (non-hydrogen) atoms. The quantitative estimate of drug-likeness (QED) is 0.726. The maximum Gasteiger partial charge on any atom is 0.252 e. The third-order valence-corrected chi connectivity index (χ3v) is 2.49. The number of fused-ring (bicyclic) bond motifs is 1. The first-order valence-corrected chi connectivity index (χ1v) is 5.20. The van der Waals surface area contributed by atoms with E-state index in [4.69, 9.17) is 5.11 Å². The minimum atomic E-state index is -0.235. The smallest absolute Gasteiger partial charge is 0.252 e. The molecular weight excluding hydrogens is 204 g/mol. The molecule has 1 heterocycles. The van der Waals surface area contributed by atoms with Crippen LogP contribution in [0.4, 0.5) is 0 Å². The second kappa shape index (κ2) is 4.37. The first kappa shape index (κ1) is 10.7. The Morgan fingerprint density at radius 3 is 3.06 bits per heavy atom. The average Bonchev–Trinajstić information content (AvgIpc) is 2.76. The molecule has 0 aliphatic carbocycles. The van der Waals surface area contributed by atoms with Crippen molar-refractivity contribution in [3.05, 3.63) is 36.0 Å². The van der Waals surface area contributed by atoms with Gasteiger partial charge in [0.1, 0.15) is 0 Å². The van der Waals surface area contributed by atoms with E-state index in [1.165, 1.54) is 0 Å². The van der Waals surface area contributed by atoms with Crippen LogP contribution in [0, 0.1) is 0 Å². The van der Waals surface area contributed by atoms with Gasteiger partial charge in [-0.05, 0) is 25.1 Å². The Morgan fingerprint density at radius 2 is 2.31 bits per heavy atom. The van der Waals surface area contributed by atoms with Gasteiger partial charge < -0.3 is 15.4 Å². The number of benzene rings is 1. The van der Waals surface area contributed by atoms with E-state index in [-0.39, 0.29) is 18.6 Å². The maximum atomic E-state index is 11.9. The van der Waals surface area contributed by atoms with Crippen molar-refractivity contribution in [1.29, 1.82) is 0 Å². The molecule has 0 radical (unpaired) electrons. The van der Waals surface area contributed by atoms with Gasteiger partial charge in [-0.25, -0.2) is 0 Å². The Hall–Kier alpha value is -1.81. The van der Waals surface area contributed by atoms with Gasteiger partial charge in [-0.3, -0.25) is 4.79 Å². The molecular formula is C12H14N2O2. The predicted molar refractivity (Wildman–Crippen MR) is 62.3 cm³/mol. The number of carbonyl (C=O) groups excluding carboxylic acids is 1. The number of carbonyl (C=O) groups is 1. The van der Waals surface area contributed by atoms with Crippen LogP contribution in [0.3, 0.4) is 0 Å². The molecule has 0 spiro atoms. The molecule has 0 aliphatic rings. The number of aliphatic hydroxyl groups excluding tert-OH is 1. The molecule has 2 aromatic rings. The van der Waals surface area contributed by atoms with Crippen molar-refractivity contribution in [1.82, 2.24) is 10.3 Å². The molecule has 84 valence electrons. The number of rotatable bonds is 3. The van der Waals surface area contributed by atoms with Crippen LogP contribution in [-0.4, -0.2) is 28.6 Å². The molecule has 1 aromatic carbocycles. The number of hydrogen-bond donors (Lipinski definition) is 3. The largest absolute Gasteiger partial charge is 0.394 e. The van der Waals surface area contributed by atoms with Crippen molar-refractivity contribution in [2.75, 3.05) is 6.61 Å². The summed E-state index contributed by atoms with van der Waals surface area (Å²) in [5.41, 5.74) is 1.56. The lowest BCUT2D eigenvalue weighted by atomic mass is 10.1. The normalized spacial score (nSPS) is 12.6. The van der Waals surface area contributed by atoms with Crippen LogP contribution in [0.5, 0.6) is 0 Å². The molecule has 1 amide bonds. The third kappa shape index (κ3) is 1.92. The summed E-state index contributed by atoms with van der Waals surface area (Å²) >= 11 is 0. The van der Waals surface area contributed by atoms with E-state index in [2.05, 4.69) is 10.3 Å². The summed E-state index contributed by atoms with van der Waals surface area (Å²) in [6.45, 7) is 1.70. The summed E-state index contributed by atoms with van der Waals surface area (Å²) in [6, 6.07) is 7.16. The Labute approximate surface area is 93.3 Å². The summed E-state index contributed by atoms with van der Waals surface area (Å²) in [5, 5.41) is 12.5. The van der Waals surface area contributed by atoms with Crippen molar-refractivity contribution in [3.63, 3.8) is 0 Å². The summed E-state index contributed by atoms with van der Waals surface area (Å²) in [5.74, 6) is -0.160. The van der Waals surface area contributed by atoms with Gasteiger partial charge in [0.2, 0.25) is 0 Å². The molecule has 2 rings (SSSR count). The highest BCUT2D eigenvalue weighted by Gasteiger charge is 2.12. The fourth-order valence-electron chi connectivity index (χ4n) is 1.63. The Kier molecular flexibility index (Phi) is 2.92. The topological polar surface area (TPSA) is 65.1 Å². The average molecular weight is 218 g/mol. The highest BCUT2D eigenvalue weighted by atomic mass is 16.3. The van der Waals surface area contributed by atoms with Crippen LogP contribution in [0.2, 0.25) is 0 Å². The van der Waals surface area contributed by atoms with Crippen molar-refractivity contribution >= 4 is 16.8 Å². The van der Waals surface area contributed by atoms with Gasteiger partial charge in [0.15, 0.2) is 0 Å². The molecule has 3 N–H and O–H groups in total. The highest BCUT2D eigenvalue weighted by molar-refractivity contribution is 6.06. The molecule has 0 fully saturated rings. The molecule has 0 saturated carbocycles. The number of H-pyrrole nitrogens is 1. The summed E-state index contributed by atoms with van der Waals surface area (Å²) < 4.78 is 0. The lowest BCUT2D eigenvalue weighted by molar-refractivity contribution is 0.0924. The van der Waals surface area contributed by atoms with Crippen LogP contribution in [0.1, 0.15) is 17.3 Å². The lowest BCUT2D eigenvalue weighted by Gasteiger charge is -2.11. The van der Waals surface area contributed by atoms with Crippen molar-refractivity contribution < 1.29 is 9.90 Å². The molecule has 0 aliphatic heterocycles. The van der Waals surface area contributed by atoms with Crippen LogP contribution >= 0.6 is 0 Å². The minimum absolute atomic E-state index is 0.0607. The zero-order chi connectivity index (χ0) is 11.5. The second-order valence-electron chi connectivity index (χ2n) is 3.80. The molecule has 1 aromatic heterocycles. The van der Waals surface area contributed by atoms with E-state index < -0.39 is 0 Å². The van der Waals surface area contributed by atoms with Crippen molar-refractivity contribution in [2.45, 2.75) is 13.0 Å². The van der Waals surface area contributed by atoms with E-state index in [1.54, 1.807) is 19.2 Å². The van der Waals surface area contributed by atoms with Gasteiger partial charge in [-0.1, -0.05) is 6.07 Å². The van der Waals surface area contributed by atoms with Gasteiger partial charge in [0.05, 0.1) is 6.61 Å². The molecule has 0 saturated heterocycles. The summed E-state index contributed by atoms with van der Waals surface area (Å²) in [4.78, 5) is 14.9. The Balaban J connectivity index is 2.32. The fraction of sp³-hybridized carbons (Fsp3) is 0.250.